The van der Waals surface area contributed by atoms with Crippen LogP contribution in [0.1, 0.15) is 27.7 Å². The van der Waals surface area contributed by atoms with E-state index in [0.717, 1.165) is 5.82 Å². The maximum Gasteiger partial charge on any atom is 0.134 e. The summed E-state index contributed by atoms with van der Waals surface area (Å²) >= 11 is 3.38. The molecule has 0 amide bonds. The van der Waals surface area contributed by atoms with Crippen molar-refractivity contribution < 1.29 is 0 Å². The van der Waals surface area contributed by atoms with E-state index in [0.29, 0.717) is 12.1 Å². The molecule has 0 radical (unpaired) electrons. The molecule has 0 aromatic rings. The Kier molecular flexibility index (Phi) is 5.41. The predicted molar refractivity (Wildman–Crippen MR) is 75.9 cm³/mol. The zero-order valence-corrected chi connectivity index (χ0v) is 12.2. The molecule has 1 rings (SSSR count). The van der Waals surface area contributed by atoms with E-state index in [9.17, 15) is 0 Å². The Labute approximate surface area is 107 Å². The number of hydrogen-bond donors (Lipinski definition) is 3. The number of nitrogens with one attached hydrogen (secondary N) is 3. The third kappa shape index (κ3) is 3.87. The molecule has 1 heterocycles. The first-order valence-electron chi connectivity index (χ1n) is 5.48. The van der Waals surface area contributed by atoms with Gasteiger partial charge in [0.2, 0.25) is 0 Å². The summed E-state index contributed by atoms with van der Waals surface area (Å²) in [6.45, 7) is 8.59. The minimum absolute atomic E-state index is 0.424. The van der Waals surface area contributed by atoms with Crippen molar-refractivity contribution in [1.29, 1.82) is 0 Å². The lowest BCUT2D eigenvalue weighted by Crippen LogP contribution is -2.36. The molecule has 0 bridgehead atoms. The lowest BCUT2D eigenvalue weighted by molar-refractivity contribution is 0.613. The molecule has 0 fully saturated rings. The van der Waals surface area contributed by atoms with Gasteiger partial charge in [0.1, 0.15) is 5.82 Å². The Morgan fingerprint density at radius 3 is 2.31 bits per heavy atom. The summed E-state index contributed by atoms with van der Waals surface area (Å²) in [5, 5.41) is 9.06. The smallest absolute Gasteiger partial charge is 0.134 e. The molecule has 1 aliphatic heterocycles. The quantitative estimate of drug-likeness (QED) is 0.662. The molecule has 0 saturated carbocycles. The van der Waals surface area contributed by atoms with Crippen LogP contribution in [-0.4, -0.2) is 18.3 Å². The first kappa shape index (κ1) is 13.6. The topological polar surface area (TPSA) is 36.1 Å². The van der Waals surface area contributed by atoms with Gasteiger partial charge in [0.15, 0.2) is 0 Å². The monoisotopic (exact) mass is 259 g/mol. The van der Waals surface area contributed by atoms with Crippen LogP contribution in [0.15, 0.2) is 21.8 Å². The van der Waals surface area contributed by atoms with Crippen molar-refractivity contribution in [2.45, 2.75) is 39.8 Å². The Balaban J connectivity index is 2.91. The number of thioether (sulfide) groups is 1. The molecule has 0 aromatic carbocycles. The average Bonchev–Trinajstić information content (AvgIpc) is 2.19. The molecule has 16 heavy (non-hydrogen) atoms. The predicted octanol–water partition coefficient (Wildman–Crippen LogP) is 2.61. The fourth-order valence-electron chi connectivity index (χ4n) is 1.35. The largest absolute Gasteiger partial charge is 0.379 e. The highest BCUT2D eigenvalue weighted by Gasteiger charge is 2.17. The van der Waals surface area contributed by atoms with Gasteiger partial charge in [0, 0.05) is 22.4 Å². The maximum absolute atomic E-state index is 3.49. The Morgan fingerprint density at radius 1 is 1.19 bits per heavy atom. The molecule has 1 aliphatic rings. The summed E-state index contributed by atoms with van der Waals surface area (Å²) in [6, 6.07) is 0.854. The zero-order chi connectivity index (χ0) is 12.1. The highest BCUT2D eigenvalue weighted by atomic mass is 32.2. The molecule has 3 N–H and O–H groups in total. The van der Waals surface area contributed by atoms with Gasteiger partial charge in [-0.05, 0) is 45.9 Å². The van der Waals surface area contributed by atoms with Crippen LogP contribution in [0.2, 0.25) is 0 Å². The summed E-state index contributed by atoms with van der Waals surface area (Å²) in [5.74, 6) is 1.08. The third-order valence-corrected chi connectivity index (χ3v) is 3.50. The van der Waals surface area contributed by atoms with E-state index in [4.69, 9.17) is 0 Å². The Hall–Kier alpha value is -0.420. The Bertz CT molecular complexity index is 296. The van der Waals surface area contributed by atoms with Gasteiger partial charge in [-0.15, -0.1) is 11.8 Å². The summed E-state index contributed by atoms with van der Waals surface area (Å²) in [6.07, 6.45) is 2.10. The number of rotatable bonds is 5. The molecule has 0 spiro atoms. The van der Waals surface area contributed by atoms with E-state index in [-0.39, 0.29) is 0 Å². The zero-order valence-electron chi connectivity index (χ0n) is 10.5. The molecule has 0 unspecified atom stereocenters. The molecular weight excluding hydrogens is 238 g/mol. The fourth-order valence-corrected chi connectivity index (χ4v) is 2.80. The Morgan fingerprint density at radius 2 is 1.81 bits per heavy atom. The van der Waals surface area contributed by atoms with E-state index in [2.05, 4.69) is 54.7 Å². The summed E-state index contributed by atoms with van der Waals surface area (Å²) in [4.78, 5) is 1.28. The molecular formula is C11H21N3S2. The van der Waals surface area contributed by atoms with Crippen molar-refractivity contribution in [2.24, 2.45) is 0 Å². The fraction of sp³-hybridized carbons (Fsp3) is 0.636. The van der Waals surface area contributed by atoms with Crippen LogP contribution >= 0.6 is 23.7 Å². The first-order valence-corrected chi connectivity index (χ1v) is 7.58. The van der Waals surface area contributed by atoms with Gasteiger partial charge < -0.3 is 15.4 Å². The van der Waals surface area contributed by atoms with Crippen molar-refractivity contribution in [3.05, 3.63) is 21.8 Å². The summed E-state index contributed by atoms with van der Waals surface area (Å²) in [7, 11) is 0. The maximum atomic E-state index is 3.49. The molecule has 0 aliphatic carbocycles. The lowest BCUT2D eigenvalue weighted by atomic mass is 10.3. The van der Waals surface area contributed by atoms with E-state index in [1.54, 1.807) is 23.7 Å². The van der Waals surface area contributed by atoms with Crippen LogP contribution in [-0.2, 0) is 0 Å². The SMILES string of the molecule is CSC1=CSNC(NC(C)C)=C1NC(C)C. The van der Waals surface area contributed by atoms with Gasteiger partial charge in [-0.1, -0.05) is 0 Å². The average molecular weight is 259 g/mol. The molecule has 0 saturated heterocycles. The van der Waals surface area contributed by atoms with Gasteiger partial charge in [-0.3, -0.25) is 0 Å². The van der Waals surface area contributed by atoms with Crippen molar-refractivity contribution >= 4 is 23.7 Å². The van der Waals surface area contributed by atoms with Crippen molar-refractivity contribution in [3.63, 3.8) is 0 Å². The van der Waals surface area contributed by atoms with Gasteiger partial charge in [0.25, 0.3) is 0 Å². The molecule has 5 heteroatoms. The second-order valence-corrected chi connectivity index (χ2v) is 5.78. The normalized spacial score (nSPS) is 16.3. The summed E-state index contributed by atoms with van der Waals surface area (Å²) in [5.41, 5.74) is 1.18. The third-order valence-electron chi connectivity index (χ3n) is 1.91. The minimum Gasteiger partial charge on any atom is -0.379 e. The van der Waals surface area contributed by atoms with Crippen LogP contribution < -0.4 is 15.4 Å². The second kappa shape index (κ2) is 6.35. The van der Waals surface area contributed by atoms with Crippen LogP contribution in [0.3, 0.4) is 0 Å². The van der Waals surface area contributed by atoms with Crippen LogP contribution in [0.25, 0.3) is 0 Å². The lowest BCUT2D eigenvalue weighted by Gasteiger charge is -2.26. The van der Waals surface area contributed by atoms with Gasteiger partial charge in [0.05, 0.1) is 5.70 Å². The summed E-state index contributed by atoms with van der Waals surface area (Å²) < 4.78 is 3.30. The highest BCUT2D eigenvalue weighted by molar-refractivity contribution is 8.05. The molecule has 0 aromatic heterocycles. The van der Waals surface area contributed by atoms with Crippen molar-refractivity contribution in [2.75, 3.05) is 6.26 Å². The first-order chi connectivity index (χ1) is 7.54. The molecule has 3 nitrogen and oxygen atoms in total. The van der Waals surface area contributed by atoms with E-state index >= 15 is 0 Å². The van der Waals surface area contributed by atoms with Gasteiger partial charge in [-0.2, -0.15) is 0 Å². The van der Waals surface area contributed by atoms with Gasteiger partial charge in [-0.25, -0.2) is 0 Å². The van der Waals surface area contributed by atoms with Crippen LogP contribution in [0.5, 0.6) is 0 Å². The second-order valence-electron chi connectivity index (χ2n) is 4.25. The minimum atomic E-state index is 0.424. The molecule has 92 valence electrons. The highest BCUT2D eigenvalue weighted by Crippen LogP contribution is 2.28. The number of hydrogen-bond acceptors (Lipinski definition) is 5. The van der Waals surface area contributed by atoms with E-state index in [1.165, 1.54) is 10.6 Å². The van der Waals surface area contributed by atoms with Gasteiger partial charge >= 0.3 is 0 Å². The van der Waals surface area contributed by atoms with Crippen molar-refractivity contribution in [1.82, 2.24) is 15.4 Å². The van der Waals surface area contributed by atoms with Crippen molar-refractivity contribution in [3.8, 4) is 0 Å². The van der Waals surface area contributed by atoms with Crippen LogP contribution in [0.4, 0.5) is 0 Å². The van der Waals surface area contributed by atoms with Crippen LogP contribution in [0, 0.1) is 0 Å². The molecule has 0 atom stereocenters. The standard InChI is InChI=1S/C11H21N3S2/c1-7(2)12-10-9(15-5)6-16-14-11(10)13-8(3)4/h6-8,12-14H,1-5H3. The van der Waals surface area contributed by atoms with E-state index in [1.807, 2.05) is 0 Å². The van der Waals surface area contributed by atoms with E-state index < -0.39 is 0 Å².